The first-order valence-electron chi connectivity index (χ1n) is 23.9. The molecular formula is C56H62O15. The smallest absolute Gasteiger partial charge is 0.188 e. The van der Waals surface area contributed by atoms with Crippen LogP contribution in [0.1, 0.15) is 95.2 Å². The Morgan fingerprint density at radius 1 is 0.451 bits per heavy atom. The van der Waals surface area contributed by atoms with Gasteiger partial charge in [0.05, 0.1) is 38.6 Å². The molecule has 15 heteroatoms. The highest BCUT2D eigenvalue weighted by Crippen LogP contribution is 2.59. The maximum absolute atomic E-state index is 11.7. The number of hydrogen-bond acceptors (Lipinski definition) is 15. The molecule has 7 aliphatic rings. The van der Waals surface area contributed by atoms with E-state index in [9.17, 15) is 19.8 Å². The van der Waals surface area contributed by atoms with Gasteiger partial charge in [0.1, 0.15) is 68.6 Å². The average Bonchev–Trinajstić information content (AvgIpc) is 4.33. The lowest BCUT2D eigenvalue weighted by Crippen LogP contribution is -2.21. The molecule has 2 spiro atoms. The van der Waals surface area contributed by atoms with Crippen molar-refractivity contribution in [2.45, 2.75) is 68.6 Å². The number of hydrogen-bond donors (Lipinski definition) is 2. The summed E-state index contributed by atoms with van der Waals surface area (Å²) < 4.78 is 58.3. The zero-order chi connectivity index (χ0) is 49.8. The van der Waals surface area contributed by atoms with E-state index in [2.05, 4.69) is 6.58 Å². The molecule has 2 saturated carbocycles. The van der Waals surface area contributed by atoms with E-state index < -0.39 is 0 Å². The van der Waals surface area contributed by atoms with Gasteiger partial charge in [-0.3, -0.25) is 9.59 Å². The minimum Gasteiger partial charge on any atom is -0.508 e. The Bertz CT molecular complexity index is 2590. The highest BCUT2D eigenvalue weighted by molar-refractivity contribution is 6.02. The Kier molecular flexibility index (Phi) is 16.6. The maximum atomic E-state index is 11.7. The molecule has 0 unspecified atom stereocenters. The minimum atomic E-state index is -0.0469. The monoisotopic (exact) mass is 974 g/mol. The molecule has 5 aromatic rings. The van der Waals surface area contributed by atoms with E-state index in [0.29, 0.717) is 79.0 Å². The molecule has 376 valence electrons. The predicted molar refractivity (Wildman–Crippen MR) is 263 cm³/mol. The van der Waals surface area contributed by atoms with Gasteiger partial charge < -0.3 is 62.3 Å². The Labute approximate surface area is 414 Å². The molecule has 71 heavy (non-hydrogen) atoms. The molecule has 5 aromatic carbocycles. The number of benzene rings is 5. The lowest BCUT2D eigenvalue weighted by atomic mass is 9.89. The fraction of sp³-hybridized carbons (Fsp3) is 0.393. The number of carbonyl (C=O) groups excluding carboxylic acids is 2. The van der Waals surface area contributed by atoms with E-state index in [1.165, 1.54) is 44.4 Å². The summed E-state index contributed by atoms with van der Waals surface area (Å²) in [5.74, 6) is 6.49. The van der Waals surface area contributed by atoms with Crippen molar-refractivity contribution in [3.63, 3.8) is 0 Å². The van der Waals surface area contributed by atoms with Crippen molar-refractivity contribution < 1.29 is 71.9 Å². The molecule has 5 heterocycles. The molecule has 0 bridgehead atoms. The largest absolute Gasteiger partial charge is 0.508 e. The first-order chi connectivity index (χ1) is 34.6. The van der Waals surface area contributed by atoms with Crippen LogP contribution in [0.3, 0.4) is 0 Å². The zero-order valence-electron chi connectivity index (χ0n) is 40.6. The van der Waals surface area contributed by atoms with Crippen LogP contribution in [0.4, 0.5) is 0 Å². The van der Waals surface area contributed by atoms with Crippen molar-refractivity contribution in [3.05, 3.63) is 125 Å². The molecule has 0 aromatic heterocycles. The van der Waals surface area contributed by atoms with Crippen LogP contribution >= 0.6 is 0 Å². The van der Waals surface area contributed by atoms with Gasteiger partial charge in [0.25, 0.3) is 0 Å². The SMILES string of the molecule is C=C1CCOc2cccc(OCOC)c21.COCOc1cccc2c1C(=O)CCO2.COCOc1cccc2c1C1(CCO2)CC1.O=C1CCOc2cccc(O)c21.Oc1cccc2c1C1(CCO2)CC1. The molecule has 15 nitrogen and oxygen atoms in total. The molecule has 0 saturated heterocycles. The van der Waals surface area contributed by atoms with Crippen LogP contribution in [-0.2, 0) is 25.0 Å². The number of fused-ring (bicyclic) bond motifs is 7. The van der Waals surface area contributed by atoms with Gasteiger partial charge in [-0.2, -0.15) is 0 Å². The number of phenols is 2. The van der Waals surface area contributed by atoms with Crippen LogP contribution in [-0.4, -0.2) is 96.5 Å². The summed E-state index contributed by atoms with van der Waals surface area (Å²) in [7, 11) is 4.77. The van der Waals surface area contributed by atoms with Gasteiger partial charge in [-0.15, -0.1) is 0 Å². The Morgan fingerprint density at radius 3 is 1.38 bits per heavy atom. The third-order valence-corrected chi connectivity index (χ3v) is 13.2. The summed E-state index contributed by atoms with van der Waals surface area (Å²) in [6.07, 6.45) is 8.73. The molecule has 5 aliphatic heterocycles. The molecule has 0 atom stereocenters. The molecular weight excluding hydrogens is 913 g/mol. The minimum absolute atomic E-state index is 0.0113. The van der Waals surface area contributed by atoms with Gasteiger partial charge in [-0.25, -0.2) is 0 Å². The Hall–Kier alpha value is -6.94. The van der Waals surface area contributed by atoms with Gasteiger partial charge >= 0.3 is 0 Å². The van der Waals surface area contributed by atoms with Crippen molar-refractivity contribution in [2.24, 2.45) is 0 Å². The van der Waals surface area contributed by atoms with E-state index in [1.807, 2.05) is 48.5 Å². The van der Waals surface area contributed by atoms with Crippen LogP contribution in [0.25, 0.3) is 5.57 Å². The van der Waals surface area contributed by atoms with E-state index in [4.69, 9.17) is 52.1 Å². The first kappa shape index (κ1) is 50.4. The molecule has 12 rings (SSSR count). The van der Waals surface area contributed by atoms with E-state index in [0.717, 1.165) is 77.9 Å². The average molecular weight is 975 g/mol. The van der Waals surface area contributed by atoms with Gasteiger partial charge in [-0.05, 0) is 105 Å². The summed E-state index contributed by atoms with van der Waals surface area (Å²) in [4.78, 5) is 22.9. The Morgan fingerprint density at radius 2 is 0.845 bits per heavy atom. The normalized spacial score (nSPS) is 17.2. The number of rotatable bonds is 9. The lowest BCUT2D eigenvalue weighted by Gasteiger charge is -2.27. The summed E-state index contributed by atoms with van der Waals surface area (Å²) >= 11 is 0. The van der Waals surface area contributed by atoms with Gasteiger partial charge in [-0.1, -0.05) is 36.9 Å². The second-order valence-electron chi connectivity index (χ2n) is 17.8. The highest BCUT2D eigenvalue weighted by atomic mass is 16.7. The van der Waals surface area contributed by atoms with Crippen LogP contribution < -0.4 is 37.9 Å². The van der Waals surface area contributed by atoms with E-state index >= 15 is 0 Å². The van der Waals surface area contributed by atoms with Crippen molar-refractivity contribution in [3.8, 4) is 57.5 Å². The summed E-state index contributed by atoms with van der Waals surface area (Å²) in [5, 5.41) is 19.1. The third-order valence-electron chi connectivity index (χ3n) is 13.2. The Balaban J connectivity index is 0.000000119. The number of aromatic hydroxyl groups is 2. The van der Waals surface area contributed by atoms with Crippen molar-refractivity contribution in [1.82, 2.24) is 0 Å². The molecule has 2 aliphatic carbocycles. The third kappa shape index (κ3) is 11.8. The van der Waals surface area contributed by atoms with Crippen LogP contribution in [0.2, 0.25) is 0 Å². The first-order valence-corrected chi connectivity index (χ1v) is 23.9. The van der Waals surface area contributed by atoms with Crippen LogP contribution in [0.15, 0.2) is 97.6 Å². The summed E-state index contributed by atoms with van der Waals surface area (Å²) in [6.45, 7) is 7.88. The van der Waals surface area contributed by atoms with Gasteiger partial charge in [0, 0.05) is 62.5 Å². The summed E-state index contributed by atoms with van der Waals surface area (Å²) in [6, 6.07) is 27.5. The van der Waals surface area contributed by atoms with Gasteiger partial charge in [0.15, 0.2) is 31.9 Å². The number of phenolic OH excluding ortho intramolecular Hbond substituents is 2. The number of ketones is 2. The predicted octanol–water partition coefficient (Wildman–Crippen LogP) is 10.1. The molecule has 2 N–H and O–H groups in total. The maximum Gasteiger partial charge on any atom is 0.188 e. The lowest BCUT2D eigenvalue weighted by molar-refractivity contribution is 0.0490. The van der Waals surface area contributed by atoms with Gasteiger partial charge in [0.2, 0.25) is 0 Å². The number of carbonyl (C=O) groups is 2. The zero-order valence-corrected chi connectivity index (χ0v) is 40.6. The molecule has 2 fully saturated rings. The fourth-order valence-corrected chi connectivity index (χ4v) is 9.29. The van der Waals surface area contributed by atoms with Crippen LogP contribution in [0.5, 0.6) is 57.5 Å². The number of methoxy groups -OCH3 is 3. The van der Waals surface area contributed by atoms with Crippen LogP contribution in [0, 0.1) is 0 Å². The summed E-state index contributed by atoms with van der Waals surface area (Å²) in [5.41, 5.74) is 5.82. The topological polar surface area (TPSA) is 176 Å². The van der Waals surface area contributed by atoms with E-state index in [-0.39, 0.29) is 36.3 Å². The van der Waals surface area contributed by atoms with Crippen molar-refractivity contribution in [2.75, 3.05) is 74.7 Å². The standard InChI is InChI=1S/C13H16O3.C12H14O3.C11H12O4.C11H12O2.C9H8O3/c1-14-9-16-11-4-2-3-10-12(11)13(5-6-13)7-8-15-10;1-9-6-7-14-10-4-3-5-11(12(9)10)15-8-13-2;1-13-7-15-10-4-2-3-9-11(10)8(12)5-6-14-9;12-8-2-1-3-9-10(8)11(4-5-11)6-7-13-9;10-6-2-1-3-8-9(6)7(11)4-5-12-8/h2-4H,5-9H2,1H3;3-5H,1,6-8H2,2H3;2-4H,5-7H2,1H3;1-3,12H,4-7H2;1-3,10H,4-5H2. The molecule has 0 radical (unpaired) electrons. The fourth-order valence-electron chi connectivity index (χ4n) is 9.29. The van der Waals surface area contributed by atoms with Crippen molar-refractivity contribution in [1.29, 1.82) is 0 Å². The number of Topliss-reactive ketones (excluding diaryl/α,β-unsaturated/α-hetero) is 2. The molecule has 0 amide bonds. The number of ether oxygens (including phenoxy) is 11. The quantitative estimate of drug-likeness (QED) is 0.133. The van der Waals surface area contributed by atoms with Crippen molar-refractivity contribution >= 4 is 17.1 Å². The second kappa shape index (κ2) is 23.3. The highest BCUT2D eigenvalue weighted by Gasteiger charge is 2.50. The van der Waals surface area contributed by atoms with E-state index in [1.54, 1.807) is 50.6 Å². The second-order valence-corrected chi connectivity index (χ2v) is 17.8.